The Labute approximate surface area is 135 Å². The van der Waals surface area contributed by atoms with E-state index in [0.29, 0.717) is 5.56 Å². The Morgan fingerprint density at radius 3 is 2.74 bits per heavy atom. The molecule has 0 amide bonds. The van der Waals surface area contributed by atoms with Gasteiger partial charge in [-0.1, -0.05) is 37.3 Å². The van der Waals surface area contributed by atoms with E-state index in [-0.39, 0.29) is 12.6 Å². The number of ether oxygens (including phenoxy) is 1. The summed E-state index contributed by atoms with van der Waals surface area (Å²) in [5, 5.41) is 0. The Bertz CT molecular complexity index is 822. The largest absolute Gasteiger partial charge is 0.457 e. The number of carbonyl (C=O) groups is 1. The van der Waals surface area contributed by atoms with Gasteiger partial charge < -0.3 is 9.72 Å². The van der Waals surface area contributed by atoms with E-state index in [1.54, 1.807) is 0 Å². The Balaban J connectivity index is 1.80. The molecule has 0 saturated carbocycles. The molecule has 0 aliphatic carbocycles. The highest BCUT2D eigenvalue weighted by Crippen LogP contribution is 2.20. The molecule has 4 heteroatoms. The number of carbonyl (C=O) groups excluding carboxylic acids is 1. The van der Waals surface area contributed by atoms with Gasteiger partial charge in [0, 0.05) is 6.42 Å². The third-order valence-corrected chi connectivity index (χ3v) is 3.76. The SMILES string of the molecule is CCCc1nc2c(C)cc(C(=O)OCc3ccccc3)cc2[nH]1. The molecule has 4 nitrogen and oxygen atoms in total. The lowest BCUT2D eigenvalue weighted by atomic mass is 10.1. The summed E-state index contributed by atoms with van der Waals surface area (Å²) in [6.07, 6.45) is 1.94. The zero-order valence-corrected chi connectivity index (χ0v) is 13.4. The summed E-state index contributed by atoms with van der Waals surface area (Å²) >= 11 is 0. The number of fused-ring (bicyclic) bond motifs is 1. The minimum atomic E-state index is -0.314. The van der Waals surface area contributed by atoms with Gasteiger partial charge in [0.2, 0.25) is 0 Å². The van der Waals surface area contributed by atoms with Crippen LogP contribution in [0.3, 0.4) is 0 Å². The molecule has 2 aromatic carbocycles. The Kier molecular flexibility index (Phi) is 4.42. The van der Waals surface area contributed by atoms with Gasteiger partial charge >= 0.3 is 5.97 Å². The predicted octanol–water partition coefficient (Wildman–Crippen LogP) is 4.18. The first kappa shape index (κ1) is 15.3. The van der Waals surface area contributed by atoms with Crippen LogP contribution in [0.5, 0.6) is 0 Å². The number of aromatic nitrogens is 2. The quantitative estimate of drug-likeness (QED) is 0.719. The van der Waals surface area contributed by atoms with Crippen molar-refractivity contribution in [3.8, 4) is 0 Å². The van der Waals surface area contributed by atoms with Crippen LogP contribution in [0.25, 0.3) is 11.0 Å². The van der Waals surface area contributed by atoms with E-state index in [1.165, 1.54) is 0 Å². The first-order valence-electron chi connectivity index (χ1n) is 7.87. The number of esters is 1. The molecule has 0 aliphatic rings. The highest BCUT2D eigenvalue weighted by Gasteiger charge is 2.13. The van der Waals surface area contributed by atoms with Crippen LogP contribution in [0.15, 0.2) is 42.5 Å². The van der Waals surface area contributed by atoms with Crippen LogP contribution in [-0.4, -0.2) is 15.9 Å². The number of imidazole rings is 1. The summed E-state index contributed by atoms with van der Waals surface area (Å²) in [6.45, 7) is 4.36. The maximum absolute atomic E-state index is 12.3. The summed E-state index contributed by atoms with van der Waals surface area (Å²) in [7, 11) is 0. The number of hydrogen-bond acceptors (Lipinski definition) is 3. The fraction of sp³-hybridized carbons (Fsp3) is 0.263. The van der Waals surface area contributed by atoms with E-state index >= 15 is 0 Å². The van der Waals surface area contributed by atoms with Crippen LogP contribution >= 0.6 is 0 Å². The van der Waals surface area contributed by atoms with Gasteiger partial charge in [0.1, 0.15) is 12.4 Å². The number of benzene rings is 2. The lowest BCUT2D eigenvalue weighted by molar-refractivity contribution is 0.0473. The average molecular weight is 308 g/mol. The zero-order valence-electron chi connectivity index (χ0n) is 13.4. The fourth-order valence-electron chi connectivity index (χ4n) is 2.62. The molecule has 3 aromatic rings. The smallest absolute Gasteiger partial charge is 0.338 e. The molecule has 0 fully saturated rings. The maximum atomic E-state index is 12.3. The maximum Gasteiger partial charge on any atom is 0.338 e. The van der Waals surface area contributed by atoms with E-state index < -0.39 is 0 Å². The van der Waals surface area contributed by atoms with Gasteiger partial charge in [-0.3, -0.25) is 0 Å². The molecule has 0 radical (unpaired) electrons. The second-order valence-electron chi connectivity index (χ2n) is 5.68. The average Bonchev–Trinajstić information content (AvgIpc) is 2.97. The van der Waals surface area contributed by atoms with Crippen molar-refractivity contribution in [2.24, 2.45) is 0 Å². The summed E-state index contributed by atoms with van der Waals surface area (Å²) in [5.74, 6) is 0.644. The number of rotatable bonds is 5. The molecule has 0 unspecified atom stereocenters. The highest BCUT2D eigenvalue weighted by molar-refractivity contribution is 5.94. The number of nitrogens with zero attached hydrogens (tertiary/aromatic N) is 1. The normalized spacial score (nSPS) is 10.9. The lowest BCUT2D eigenvalue weighted by Gasteiger charge is -2.06. The molecule has 118 valence electrons. The van der Waals surface area contributed by atoms with Crippen molar-refractivity contribution in [1.29, 1.82) is 0 Å². The first-order valence-corrected chi connectivity index (χ1v) is 7.87. The summed E-state index contributed by atoms with van der Waals surface area (Å²) in [4.78, 5) is 20.2. The number of hydrogen-bond donors (Lipinski definition) is 1. The molecular weight excluding hydrogens is 288 g/mol. The van der Waals surface area contributed by atoms with Gasteiger partial charge in [-0.15, -0.1) is 0 Å². The molecule has 0 spiro atoms. The van der Waals surface area contributed by atoms with Crippen LogP contribution < -0.4 is 0 Å². The number of aryl methyl sites for hydroxylation is 2. The van der Waals surface area contributed by atoms with Crippen molar-refractivity contribution in [3.05, 3.63) is 65.0 Å². The zero-order chi connectivity index (χ0) is 16.2. The van der Waals surface area contributed by atoms with Gasteiger partial charge in [-0.25, -0.2) is 9.78 Å². The molecule has 1 aromatic heterocycles. The standard InChI is InChI=1S/C19H20N2O2/c1-3-7-17-20-16-11-15(10-13(2)18(16)21-17)19(22)23-12-14-8-5-4-6-9-14/h4-6,8-11H,3,7,12H2,1-2H3,(H,20,21). The molecule has 0 atom stereocenters. The molecular formula is C19H20N2O2. The topological polar surface area (TPSA) is 55.0 Å². The van der Waals surface area contributed by atoms with Crippen LogP contribution in [0.2, 0.25) is 0 Å². The summed E-state index contributed by atoms with van der Waals surface area (Å²) in [5.41, 5.74) is 4.32. The molecule has 0 bridgehead atoms. The number of nitrogens with one attached hydrogen (secondary N) is 1. The van der Waals surface area contributed by atoms with Gasteiger partial charge in [-0.05, 0) is 36.6 Å². The lowest BCUT2D eigenvalue weighted by Crippen LogP contribution is -2.05. The molecule has 23 heavy (non-hydrogen) atoms. The van der Waals surface area contributed by atoms with Crippen LogP contribution in [0, 0.1) is 6.92 Å². The van der Waals surface area contributed by atoms with Crippen LogP contribution in [-0.2, 0) is 17.8 Å². The van der Waals surface area contributed by atoms with E-state index in [2.05, 4.69) is 16.9 Å². The van der Waals surface area contributed by atoms with Gasteiger partial charge in [0.25, 0.3) is 0 Å². The molecule has 3 rings (SSSR count). The Morgan fingerprint density at radius 1 is 1.22 bits per heavy atom. The van der Waals surface area contributed by atoms with Crippen molar-refractivity contribution >= 4 is 17.0 Å². The van der Waals surface area contributed by atoms with Crippen molar-refractivity contribution in [1.82, 2.24) is 9.97 Å². The predicted molar refractivity (Wildman–Crippen MR) is 90.4 cm³/mol. The van der Waals surface area contributed by atoms with E-state index in [4.69, 9.17) is 4.74 Å². The van der Waals surface area contributed by atoms with Crippen LogP contribution in [0.4, 0.5) is 0 Å². The third-order valence-electron chi connectivity index (χ3n) is 3.76. The third kappa shape index (κ3) is 3.42. The van der Waals surface area contributed by atoms with Gasteiger partial charge in [0.05, 0.1) is 16.6 Å². The van der Waals surface area contributed by atoms with E-state index in [9.17, 15) is 4.79 Å². The summed E-state index contributed by atoms with van der Waals surface area (Å²) < 4.78 is 5.40. The van der Waals surface area contributed by atoms with Crippen molar-refractivity contribution in [3.63, 3.8) is 0 Å². The number of H-pyrrole nitrogens is 1. The van der Waals surface area contributed by atoms with E-state index in [0.717, 1.165) is 40.8 Å². The van der Waals surface area contributed by atoms with Crippen LogP contribution in [0.1, 0.15) is 40.7 Å². The number of aromatic amines is 1. The summed E-state index contributed by atoms with van der Waals surface area (Å²) in [6, 6.07) is 13.3. The monoisotopic (exact) mass is 308 g/mol. The van der Waals surface area contributed by atoms with Gasteiger partial charge in [-0.2, -0.15) is 0 Å². The minimum Gasteiger partial charge on any atom is -0.457 e. The second-order valence-corrected chi connectivity index (χ2v) is 5.68. The molecule has 0 aliphatic heterocycles. The molecule has 0 saturated heterocycles. The minimum absolute atomic E-state index is 0.279. The fourth-order valence-corrected chi connectivity index (χ4v) is 2.62. The highest BCUT2D eigenvalue weighted by atomic mass is 16.5. The second kappa shape index (κ2) is 6.65. The van der Waals surface area contributed by atoms with E-state index in [1.807, 2.05) is 49.4 Å². The first-order chi connectivity index (χ1) is 11.2. The Morgan fingerprint density at radius 2 is 2.00 bits per heavy atom. The van der Waals surface area contributed by atoms with Crippen molar-refractivity contribution < 1.29 is 9.53 Å². The van der Waals surface area contributed by atoms with Gasteiger partial charge in [0.15, 0.2) is 0 Å². The molecule has 1 heterocycles. The molecule has 1 N–H and O–H groups in total. The Hall–Kier alpha value is -2.62. The van der Waals surface area contributed by atoms with Crippen molar-refractivity contribution in [2.75, 3.05) is 0 Å². The van der Waals surface area contributed by atoms with Crippen molar-refractivity contribution in [2.45, 2.75) is 33.3 Å².